The van der Waals surface area contributed by atoms with Gasteiger partial charge in [0, 0.05) is 22.8 Å². The molecule has 1 amide bonds. The van der Waals surface area contributed by atoms with Crippen molar-refractivity contribution in [2.75, 3.05) is 33.9 Å². The highest BCUT2D eigenvalue weighted by atomic mass is 32.2. The number of carbonyl (C=O) groups excluding carboxylic acids is 1. The van der Waals surface area contributed by atoms with E-state index in [4.69, 9.17) is 9.47 Å². The quantitative estimate of drug-likeness (QED) is 0.289. The molecule has 7 nitrogen and oxygen atoms in total. The molecule has 0 atom stereocenters. The summed E-state index contributed by atoms with van der Waals surface area (Å²) in [5.74, 6) is 0.938. The predicted octanol–water partition coefficient (Wildman–Crippen LogP) is 4.89. The summed E-state index contributed by atoms with van der Waals surface area (Å²) in [6, 6.07) is 18.8. The molecule has 1 heterocycles. The van der Waals surface area contributed by atoms with Gasteiger partial charge in [0.15, 0.2) is 11.5 Å². The molecule has 0 N–H and O–H groups in total. The van der Waals surface area contributed by atoms with Crippen LogP contribution in [0.3, 0.4) is 0 Å². The summed E-state index contributed by atoms with van der Waals surface area (Å²) in [5, 5.41) is 0. The lowest BCUT2D eigenvalue weighted by Gasteiger charge is -2.27. The highest BCUT2D eigenvalue weighted by molar-refractivity contribution is 7.88. The summed E-state index contributed by atoms with van der Waals surface area (Å²) in [5.41, 5.74) is 1.70. The van der Waals surface area contributed by atoms with Crippen molar-refractivity contribution in [3.63, 3.8) is 0 Å². The summed E-state index contributed by atoms with van der Waals surface area (Å²) in [4.78, 5) is 17.5. The molecule has 3 rings (SSSR count). The number of hydrogen-bond acceptors (Lipinski definition) is 6. The topological polar surface area (TPSA) is 76.2 Å². The third-order valence-corrected chi connectivity index (χ3v) is 8.77. The van der Waals surface area contributed by atoms with E-state index in [1.807, 2.05) is 62.4 Å². The Balaban J connectivity index is 1.78. The van der Waals surface area contributed by atoms with Gasteiger partial charge in [0.05, 0.1) is 33.1 Å². The number of carbonyl (C=O) groups is 1. The van der Waals surface area contributed by atoms with E-state index in [1.165, 1.54) is 9.18 Å². The number of benzene rings is 2. The standard InChI is InChI=1S/C28H36N2O5S2/c1-5-16-30(37(32,33)21-24-9-7-6-8-10-24)20-28(31)29(19-25-13-11-22(2)36-25)17-15-23-12-14-26(34-3)27(18-23)35-4/h6-14,18H,5,15-17,19-21H2,1-4H3. The lowest BCUT2D eigenvalue weighted by molar-refractivity contribution is -0.132. The minimum absolute atomic E-state index is 0.128. The molecule has 0 bridgehead atoms. The van der Waals surface area contributed by atoms with Crippen LogP contribution < -0.4 is 9.47 Å². The second-order valence-electron chi connectivity index (χ2n) is 8.84. The molecule has 9 heteroatoms. The summed E-state index contributed by atoms with van der Waals surface area (Å²) in [6.07, 6.45) is 1.22. The van der Waals surface area contributed by atoms with Crippen LogP contribution in [0.15, 0.2) is 60.7 Å². The zero-order chi connectivity index (χ0) is 26.8. The molecule has 0 unspecified atom stereocenters. The first kappa shape index (κ1) is 28.7. The number of thiophene rings is 1. The van der Waals surface area contributed by atoms with Crippen LogP contribution in [-0.4, -0.2) is 57.4 Å². The summed E-state index contributed by atoms with van der Waals surface area (Å²) in [6.45, 7) is 4.94. The molecule has 0 aliphatic heterocycles. The van der Waals surface area contributed by atoms with E-state index in [2.05, 4.69) is 0 Å². The first-order valence-electron chi connectivity index (χ1n) is 12.3. The predicted molar refractivity (Wildman–Crippen MR) is 149 cm³/mol. The molecule has 3 aromatic rings. The normalized spacial score (nSPS) is 11.5. The van der Waals surface area contributed by atoms with Crippen LogP contribution in [0, 0.1) is 6.92 Å². The van der Waals surface area contributed by atoms with Crippen molar-refractivity contribution in [2.24, 2.45) is 0 Å². The van der Waals surface area contributed by atoms with Gasteiger partial charge >= 0.3 is 0 Å². The molecule has 0 saturated heterocycles. The van der Waals surface area contributed by atoms with Crippen LogP contribution in [0.2, 0.25) is 0 Å². The molecule has 0 spiro atoms. The minimum Gasteiger partial charge on any atom is -0.493 e. The molecule has 1 aromatic heterocycles. The van der Waals surface area contributed by atoms with Gasteiger partial charge < -0.3 is 14.4 Å². The fraction of sp³-hybridized carbons (Fsp3) is 0.393. The van der Waals surface area contributed by atoms with E-state index >= 15 is 0 Å². The van der Waals surface area contributed by atoms with E-state index in [0.717, 1.165) is 10.4 Å². The summed E-state index contributed by atoms with van der Waals surface area (Å²) >= 11 is 1.64. The zero-order valence-electron chi connectivity index (χ0n) is 22.0. The fourth-order valence-electron chi connectivity index (χ4n) is 4.04. The summed E-state index contributed by atoms with van der Waals surface area (Å²) in [7, 11) is -0.477. The van der Waals surface area contributed by atoms with Gasteiger partial charge in [0.25, 0.3) is 0 Å². The number of ether oxygens (including phenoxy) is 2. The van der Waals surface area contributed by atoms with Gasteiger partial charge in [-0.15, -0.1) is 11.3 Å². The largest absolute Gasteiger partial charge is 0.493 e. The van der Waals surface area contributed by atoms with E-state index in [1.54, 1.807) is 42.6 Å². The fourth-order valence-corrected chi connectivity index (χ4v) is 6.51. The van der Waals surface area contributed by atoms with Crippen molar-refractivity contribution < 1.29 is 22.7 Å². The number of hydrogen-bond donors (Lipinski definition) is 0. The van der Waals surface area contributed by atoms with Crippen molar-refractivity contribution in [1.29, 1.82) is 0 Å². The van der Waals surface area contributed by atoms with Crippen molar-refractivity contribution >= 4 is 27.3 Å². The highest BCUT2D eigenvalue weighted by Crippen LogP contribution is 2.28. The van der Waals surface area contributed by atoms with Crippen molar-refractivity contribution in [3.05, 3.63) is 81.5 Å². The average molecular weight is 545 g/mol. The molecule has 0 saturated carbocycles. The number of aryl methyl sites for hydroxylation is 1. The lowest BCUT2D eigenvalue weighted by atomic mass is 10.1. The molecule has 2 aromatic carbocycles. The SMILES string of the molecule is CCCN(CC(=O)N(CCc1ccc(OC)c(OC)c1)Cc1ccc(C)s1)S(=O)(=O)Cc1ccccc1. The zero-order valence-corrected chi connectivity index (χ0v) is 23.6. The number of amides is 1. The molecule has 0 radical (unpaired) electrons. The van der Waals surface area contributed by atoms with E-state index in [0.29, 0.717) is 49.5 Å². The van der Waals surface area contributed by atoms with Gasteiger partial charge in [-0.2, -0.15) is 4.31 Å². The number of nitrogens with zero attached hydrogens (tertiary/aromatic N) is 2. The maximum atomic E-state index is 13.6. The Morgan fingerprint density at radius 2 is 1.65 bits per heavy atom. The Hall–Kier alpha value is -2.88. The Kier molecular flexibility index (Phi) is 10.5. The molecular weight excluding hydrogens is 508 g/mol. The Morgan fingerprint density at radius 3 is 2.27 bits per heavy atom. The van der Waals surface area contributed by atoms with Gasteiger partial charge in [-0.05, 0) is 55.2 Å². The van der Waals surface area contributed by atoms with E-state index < -0.39 is 10.0 Å². The smallest absolute Gasteiger partial charge is 0.238 e. The van der Waals surface area contributed by atoms with Gasteiger partial charge in [-0.3, -0.25) is 4.79 Å². The van der Waals surface area contributed by atoms with E-state index in [9.17, 15) is 13.2 Å². The maximum Gasteiger partial charge on any atom is 0.238 e. The van der Waals surface area contributed by atoms with Crippen LogP contribution >= 0.6 is 11.3 Å². The monoisotopic (exact) mass is 544 g/mol. The Morgan fingerprint density at radius 1 is 0.919 bits per heavy atom. The number of methoxy groups -OCH3 is 2. The van der Waals surface area contributed by atoms with Gasteiger partial charge in [-0.1, -0.05) is 43.3 Å². The molecule has 200 valence electrons. The number of sulfonamides is 1. The molecule has 0 aliphatic carbocycles. The van der Waals surface area contributed by atoms with Crippen LogP contribution in [-0.2, 0) is 33.5 Å². The van der Waals surface area contributed by atoms with Crippen LogP contribution in [0.5, 0.6) is 11.5 Å². The van der Waals surface area contributed by atoms with Gasteiger partial charge in [-0.25, -0.2) is 8.42 Å². The van der Waals surface area contributed by atoms with Crippen molar-refractivity contribution in [3.8, 4) is 11.5 Å². The molecule has 0 aliphatic rings. The summed E-state index contributed by atoms with van der Waals surface area (Å²) < 4.78 is 38.6. The van der Waals surface area contributed by atoms with Crippen molar-refractivity contribution in [1.82, 2.24) is 9.21 Å². The molecule has 0 fully saturated rings. The Labute approximate surface area is 224 Å². The second kappa shape index (κ2) is 13.6. The Bertz CT molecular complexity index is 1260. The van der Waals surface area contributed by atoms with Crippen molar-refractivity contribution in [2.45, 2.75) is 39.0 Å². The average Bonchev–Trinajstić information content (AvgIpc) is 3.30. The second-order valence-corrected chi connectivity index (χ2v) is 12.2. The third-order valence-electron chi connectivity index (χ3n) is 5.98. The van der Waals surface area contributed by atoms with E-state index in [-0.39, 0.29) is 18.2 Å². The maximum absolute atomic E-state index is 13.6. The van der Waals surface area contributed by atoms with Gasteiger partial charge in [0.1, 0.15) is 0 Å². The first-order valence-corrected chi connectivity index (χ1v) is 14.7. The van der Waals surface area contributed by atoms with Crippen LogP contribution in [0.4, 0.5) is 0 Å². The minimum atomic E-state index is -3.66. The first-order chi connectivity index (χ1) is 17.7. The third kappa shape index (κ3) is 8.31. The van der Waals surface area contributed by atoms with Gasteiger partial charge in [0.2, 0.25) is 15.9 Å². The van der Waals surface area contributed by atoms with Crippen LogP contribution in [0.25, 0.3) is 0 Å². The molecule has 37 heavy (non-hydrogen) atoms. The van der Waals surface area contributed by atoms with Crippen LogP contribution in [0.1, 0.15) is 34.2 Å². The number of rotatable bonds is 14. The highest BCUT2D eigenvalue weighted by Gasteiger charge is 2.27. The molecular formula is C28H36N2O5S2. The lowest BCUT2D eigenvalue weighted by Crippen LogP contribution is -2.43.